The van der Waals surface area contributed by atoms with Gasteiger partial charge in [0.2, 0.25) is 5.76 Å². The number of amides is 1. The van der Waals surface area contributed by atoms with Gasteiger partial charge in [0.1, 0.15) is 0 Å². The molecule has 0 atom stereocenters. The summed E-state index contributed by atoms with van der Waals surface area (Å²) in [6.45, 7) is 4.25. The lowest BCUT2D eigenvalue weighted by molar-refractivity contribution is -0.0678. The summed E-state index contributed by atoms with van der Waals surface area (Å²) >= 11 is 0. The quantitative estimate of drug-likeness (QED) is 0.873. The van der Waals surface area contributed by atoms with Crippen LogP contribution in [0.2, 0.25) is 0 Å². The molecule has 1 N–H and O–H groups in total. The summed E-state index contributed by atoms with van der Waals surface area (Å²) in [6.07, 6.45) is 3.31. The summed E-state index contributed by atoms with van der Waals surface area (Å²) in [4.78, 5) is 18.0. The first kappa shape index (κ1) is 11.7. The van der Waals surface area contributed by atoms with E-state index in [0.29, 0.717) is 36.4 Å². The van der Waals surface area contributed by atoms with Crippen molar-refractivity contribution in [2.75, 3.05) is 13.1 Å². The Bertz CT molecular complexity index is 480. The molecule has 1 aromatic heterocycles. The maximum atomic E-state index is 12.1. The number of carbonyl (C=O) groups is 1. The number of hydrogen-bond donors (Lipinski definition) is 1. The number of carbonyl (C=O) groups excluding carboxylic acids is 1. The first-order valence-electron chi connectivity index (χ1n) is 6.42. The minimum absolute atomic E-state index is 0.159. The third-order valence-corrected chi connectivity index (χ3v) is 3.55. The summed E-state index contributed by atoms with van der Waals surface area (Å²) in [5.41, 5.74) is -0.0948. The highest BCUT2D eigenvalue weighted by Crippen LogP contribution is 2.33. The minimum Gasteiger partial charge on any atom is -0.435 e. The Morgan fingerprint density at radius 1 is 1.56 bits per heavy atom. The molecule has 1 saturated heterocycles. The molecule has 3 rings (SSSR count). The molecule has 18 heavy (non-hydrogen) atoms. The van der Waals surface area contributed by atoms with Gasteiger partial charge in [-0.15, -0.1) is 0 Å². The van der Waals surface area contributed by atoms with E-state index in [9.17, 15) is 9.90 Å². The normalized spacial score (nSPS) is 21.8. The second-order valence-corrected chi connectivity index (χ2v) is 5.83. The molecule has 1 aliphatic heterocycles. The van der Waals surface area contributed by atoms with Crippen LogP contribution >= 0.6 is 0 Å². The van der Waals surface area contributed by atoms with Crippen LogP contribution < -0.4 is 0 Å². The maximum Gasteiger partial charge on any atom is 0.291 e. The van der Waals surface area contributed by atoms with Crippen molar-refractivity contribution in [1.82, 2.24) is 9.88 Å². The standard InChI is InChI=1S/C13H18N2O3/c1-8-11(12(16)15-6-13(2,17)7-15)18-10(14-8)5-9-3-4-9/h9,17H,3-7H2,1-2H3. The van der Waals surface area contributed by atoms with Gasteiger partial charge in [0.15, 0.2) is 5.89 Å². The topological polar surface area (TPSA) is 66.6 Å². The minimum atomic E-state index is -0.750. The Hall–Kier alpha value is -1.36. The number of likely N-dealkylation sites (tertiary alicyclic amines) is 1. The summed E-state index contributed by atoms with van der Waals surface area (Å²) in [7, 11) is 0. The number of aryl methyl sites for hydroxylation is 1. The molecule has 0 bridgehead atoms. The van der Waals surface area contributed by atoms with Gasteiger partial charge in [-0.2, -0.15) is 0 Å². The molecule has 5 heteroatoms. The van der Waals surface area contributed by atoms with Gasteiger partial charge in [0.05, 0.1) is 24.4 Å². The molecule has 0 unspecified atom stereocenters. The fourth-order valence-electron chi connectivity index (χ4n) is 2.37. The highest BCUT2D eigenvalue weighted by atomic mass is 16.4. The molecule has 1 aliphatic carbocycles. The zero-order chi connectivity index (χ0) is 12.9. The van der Waals surface area contributed by atoms with E-state index >= 15 is 0 Å². The summed E-state index contributed by atoms with van der Waals surface area (Å²) < 4.78 is 5.57. The van der Waals surface area contributed by atoms with Gasteiger partial charge in [-0.05, 0) is 32.6 Å². The Labute approximate surface area is 106 Å². The van der Waals surface area contributed by atoms with E-state index in [1.807, 2.05) is 0 Å². The average molecular weight is 250 g/mol. The second kappa shape index (κ2) is 3.82. The molecule has 98 valence electrons. The zero-order valence-corrected chi connectivity index (χ0v) is 10.8. The largest absolute Gasteiger partial charge is 0.435 e. The van der Waals surface area contributed by atoms with Gasteiger partial charge in [-0.1, -0.05) is 0 Å². The van der Waals surface area contributed by atoms with Crippen molar-refractivity contribution in [3.05, 3.63) is 17.3 Å². The Morgan fingerprint density at radius 3 is 2.78 bits per heavy atom. The zero-order valence-electron chi connectivity index (χ0n) is 10.8. The molecular weight excluding hydrogens is 232 g/mol. The third kappa shape index (κ3) is 2.14. The van der Waals surface area contributed by atoms with E-state index in [4.69, 9.17) is 4.42 Å². The summed E-state index contributed by atoms with van der Waals surface area (Å²) in [5.74, 6) is 1.54. The van der Waals surface area contributed by atoms with E-state index in [-0.39, 0.29) is 5.91 Å². The van der Waals surface area contributed by atoms with Crippen LogP contribution in [0.4, 0.5) is 0 Å². The first-order valence-corrected chi connectivity index (χ1v) is 6.42. The fraction of sp³-hybridized carbons (Fsp3) is 0.692. The molecule has 2 fully saturated rings. The predicted octanol–water partition coefficient (Wildman–Crippen LogP) is 1.14. The summed E-state index contributed by atoms with van der Waals surface area (Å²) in [5, 5.41) is 9.64. The molecule has 1 amide bonds. The molecule has 2 heterocycles. The van der Waals surface area contributed by atoms with Crippen molar-refractivity contribution in [2.24, 2.45) is 5.92 Å². The third-order valence-electron chi connectivity index (χ3n) is 3.55. The molecule has 2 aliphatic rings. The van der Waals surface area contributed by atoms with E-state index in [1.54, 1.807) is 18.7 Å². The van der Waals surface area contributed by atoms with Crippen LogP contribution in [0.5, 0.6) is 0 Å². The first-order chi connectivity index (χ1) is 8.44. The van der Waals surface area contributed by atoms with E-state index in [0.717, 1.165) is 6.42 Å². The monoisotopic (exact) mass is 250 g/mol. The number of oxazole rings is 1. The summed E-state index contributed by atoms with van der Waals surface area (Å²) in [6, 6.07) is 0. The highest BCUT2D eigenvalue weighted by Gasteiger charge is 2.41. The lowest BCUT2D eigenvalue weighted by Crippen LogP contribution is -2.61. The van der Waals surface area contributed by atoms with E-state index < -0.39 is 5.60 Å². The van der Waals surface area contributed by atoms with Crippen LogP contribution in [0.3, 0.4) is 0 Å². The van der Waals surface area contributed by atoms with Crippen molar-refractivity contribution in [3.8, 4) is 0 Å². The number of aliphatic hydroxyl groups is 1. The molecule has 0 spiro atoms. The molecule has 1 aromatic rings. The smallest absolute Gasteiger partial charge is 0.291 e. The number of nitrogens with zero attached hydrogens (tertiary/aromatic N) is 2. The average Bonchev–Trinajstić information content (AvgIpc) is 2.97. The molecule has 1 saturated carbocycles. The Kier molecular flexibility index (Phi) is 2.48. The lowest BCUT2D eigenvalue weighted by Gasteiger charge is -2.43. The fourth-order valence-corrected chi connectivity index (χ4v) is 2.37. The van der Waals surface area contributed by atoms with E-state index in [1.165, 1.54) is 12.8 Å². The SMILES string of the molecule is Cc1nc(CC2CC2)oc1C(=O)N1CC(C)(O)C1. The van der Waals surface area contributed by atoms with Crippen molar-refractivity contribution >= 4 is 5.91 Å². The van der Waals surface area contributed by atoms with Crippen LogP contribution in [-0.4, -0.2) is 39.6 Å². The van der Waals surface area contributed by atoms with Crippen LogP contribution in [-0.2, 0) is 6.42 Å². The van der Waals surface area contributed by atoms with Crippen molar-refractivity contribution in [2.45, 2.75) is 38.7 Å². The second-order valence-electron chi connectivity index (χ2n) is 5.83. The Morgan fingerprint density at radius 2 is 2.22 bits per heavy atom. The van der Waals surface area contributed by atoms with Crippen molar-refractivity contribution < 1.29 is 14.3 Å². The van der Waals surface area contributed by atoms with E-state index in [2.05, 4.69) is 4.98 Å². The number of rotatable bonds is 3. The molecule has 0 radical (unpaired) electrons. The van der Waals surface area contributed by atoms with Crippen molar-refractivity contribution in [1.29, 1.82) is 0 Å². The van der Waals surface area contributed by atoms with Crippen molar-refractivity contribution in [3.63, 3.8) is 0 Å². The predicted molar refractivity (Wildman–Crippen MR) is 64.2 cm³/mol. The number of β-amino-alcohol motifs (C(OH)–C–C–N with tert-alkyl or cyclic N) is 1. The molecule has 0 aromatic carbocycles. The molecule has 5 nitrogen and oxygen atoms in total. The van der Waals surface area contributed by atoms with Gasteiger partial charge in [0.25, 0.3) is 5.91 Å². The highest BCUT2D eigenvalue weighted by molar-refractivity contribution is 5.93. The maximum absolute atomic E-state index is 12.1. The Balaban J connectivity index is 1.71. The van der Waals surface area contributed by atoms with Crippen LogP contribution in [0, 0.1) is 12.8 Å². The number of aromatic nitrogens is 1. The van der Waals surface area contributed by atoms with Gasteiger partial charge in [-0.25, -0.2) is 4.98 Å². The van der Waals surface area contributed by atoms with Gasteiger partial charge < -0.3 is 14.4 Å². The number of hydrogen-bond acceptors (Lipinski definition) is 4. The van der Waals surface area contributed by atoms with Crippen LogP contribution in [0.25, 0.3) is 0 Å². The van der Waals surface area contributed by atoms with Crippen LogP contribution in [0.1, 0.15) is 41.9 Å². The van der Waals surface area contributed by atoms with Crippen LogP contribution in [0.15, 0.2) is 4.42 Å². The van der Waals surface area contributed by atoms with Gasteiger partial charge in [-0.3, -0.25) is 4.79 Å². The molecular formula is C13H18N2O3. The lowest BCUT2D eigenvalue weighted by atomic mass is 9.96. The van der Waals surface area contributed by atoms with Gasteiger partial charge in [0, 0.05) is 6.42 Å². The van der Waals surface area contributed by atoms with Gasteiger partial charge >= 0.3 is 0 Å².